The lowest BCUT2D eigenvalue weighted by molar-refractivity contribution is 0.674. The number of aromatic nitrogens is 1. The molecule has 1 saturated carbocycles. The highest BCUT2D eigenvalue weighted by Crippen LogP contribution is 2.24. The van der Waals surface area contributed by atoms with E-state index in [2.05, 4.69) is 66.5 Å². The zero-order valence-corrected chi connectivity index (χ0v) is 12.8. The molecule has 0 aliphatic heterocycles. The third-order valence-corrected chi connectivity index (χ3v) is 3.85. The van der Waals surface area contributed by atoms with Crippen LogP contribution in [-0.2, 0) is 6.54 Å². The van der Waals surface area contributed by atoms with Gasteiger partial charge in [-0.2, -0.15) is 0 Å². The molecule has 3 heteroatoms. The van der Waals surface area contributed by atoms with Gasteiger partial charge in [0, 0.05) is 24.8 Å². The largest absolute Gasteiger partial charge is 0.327 e. The van der Waals surface area contributed by atoms with Gasteiger partial charge in [0.2, 0.25) is 0 Å². The molecule has 1 fully saturated rings. The first-order valence-corrected chi connectivity index (χ1v) is 7.80. The van der Waals surface area contributed by atoms with Gasteiger partial charge in [-0.3, -0.25) is 0 Å². The van der Waals surface area contributed by atoms with Crippen molar-refractivity contribution < 1.29 is 0 Å². The minimum atomic E-state index is 0.717. The van der Waals surface area contributed by atoms with E-state index in [-0.39, 0.29) is 0 Å². The maximum Gasteiger partial charge on any atom is 0.133 e. The molecule has 1 aromatic heterocycles. The topological polar surface area (TPSA) is 28.2 Å². The highest BCUT2D eigenvalue weighted by molar-refractivity contribution is 5.60. The highest BCUT2D eigenvalue weighted by Gasteiger charge is 2.20. The number of rotatable bonds is 6. The van der Waals surface area contributed by atoms with E-state index in [9.17, 15) is 0 Å². The number of aryl methyl sites for hydroxylation is 1. The van der Waals surface area contributed by atoms with Crippen molar-refractivity contribution in [3.8, 4) is 0 Å². The van der Waals surface area contributed by atoms with Gasteiger partial charge in [0.25, 0.3) is 0 Å². The van der Waals surface area contributed by atoms with E-state index >= 15 is 0 Å². The van der Waals surface area contributed by atoms with E-state index in [4.69, 9.17) is 4.98 Å². The summed E-state index contributed by atoms with van der Waals surface area (Å²) in [6.45, 7) is 6.07. The molecule has 0 amide bonds. The molecule has 3 rings (SSSR count). The third kappa shape index (κ3) is 3.61. The fraction of sp³-hybridized carbons (Fsp3) is 0.389. The zero-order chi connectivity index (χ0) is 14.7. The van der Waals surface area contributed by atoms with Gasteiger partial charge >= 0.3 is 0 Å². The Morgan fingerprint density at radius 2 is 2.00 bits per heavy atom. The van der Waals surface area contributed by atoms with Crippen molar-refractivity contribution in [2.75, 3.05) is 11.4 Å². The van der Waals surface area contributed by atoms with Crippen LogP contribution in [0.2, 0.25) is 0 Å². The molecule has 1 aliphatic rings. The monoisotopic (exact) mass is 281 g/mol. The molecule has 3 nitrogen and oxygen atoms in total. The van der Waals surface area contributed by atoms with E-state index in [1.807, 2.05) is 0 Å². The van der Waals surface area contributed by atoms with Crippen LogP contribution in [0, 0.1) is 6.92 Å². The number of anilines is 2. The van der Waals surface area contributed by atoms with Gasteiger partial charge < -0.3 is 10.2 Å². The lowest BCUT2D eigenvalue weighted by atomic mass is 10.2. The Bertz CT molecular complexity index is 605. The van der Waals surface area contributed by atoms with Gasteiger partial charge in [-0.25, -0.2) is 4.98 Å². The number of hydrogen-bond acceptors (Lipinski definition) is 3. The first-order chi connectivity index (χ1) is 10.3. The summed E-state index contributed by atoms with van der Waals surface area (Å²) in [6.07, 6.45) is 2.62. The number of pyridine rings is 1. The van der Waals surface area contributed by atoms with Gasteiger partial charge in [-0.05, 0) is 56.5 Å². The molecule has 1 N–H and O–H groups in total. The van der Waals surface area contributed by atoms with Crippen molar-refractivity contribution in [1.82, 2.24) is 10.3 Å². The van der Waals surface area contributed by atoms with E-state index in [1.165, 1.54) is 24.1 Å². The molecular formula is C18H23N3. The number of benzene rings is 1. The lowest BCUT2D eigenvalue weighted by Gasteiger charge is -2.23. The van der Waals surface area contributed by atoms with Crippen LogP contribution in [0.15, 0.2) is 42.5 Å². The molecule has 1 aromatic carbocycles. The van der Waals surface area contributed by atoms with Gasteiger partial charge in [0.05, 0.1) is 5.69 Å². The summed E-state index contributed by atoms with van der Waals surface area (Å²) in [5.41, 5.74) is 3.60. The minimum absolute atomic E-state index is 0.717. The summed E-state index contributed by atoms with van der Waals surface area (Å²) in [6, 6.07) is 15.6. The maximum atomic E-state index is 4.81. The van der Waals surface area contributed by atoms with Crippen LogP contribution in [0.5, 0.6) is 0 Å². The number of nitrogens with zero attached hydrogens (tertiary/aromatic N) is 2. The normalized spacial score (nSPS) is 14.2. The number of nitrogens with one attached hydrogen (secondary N) is 1. The molecule has 110 valence electrons. The molecular weight excluding hydrogens is 258 g/mol. The van der Waals surface area contributed by atoms with E-state index in [0.717, 1.165) is 30.6 Å². The van der Waals surface area contributed by atoms with Crippen molar-refractivity contribution in [1.29, 1.82) is 0 Å². The second kappa shape index (κ2) is 6.27. The van der Waals surface area contributed by atoms with Crippen LogP contribution < -0.4 is 10.2 Å². The Balaban J connectivity index is 1.80. The standard InChI is InChI=1S/C18H23N3/c1-3-21(17-8-4-6-14(2)12-17)18-9-5-7-16(20-18)13-19-15-10-11-15/h4-9,12,15,19H,3,10-11,13H2,1-2H3. The smallest absolute Gasteiger partial charge is 0.133 e. The quantitative estimate of drug-likeness (QED) is 0.873. The average Bonchev–Trinajstić information content (AvgIpc) is 3.31. The van der Waals surface area contributed by atoms with E-state index in [0.29, 0.717) is 0 Å². The van der Waals surface area contributed by atoms with E-state index in [1.54, 1.807) is 0 Å². The summed E-state index contributed by atoms with van der Waals surface area (Å²) in [5, 5.41) is 3.52. The molecule has 0 unspecified atom stereocenters. The molecule has 21 heavy (non-hydrogen) atoms. The average molecular weight is 281 g/mol. The van der Waals surface area contributed by atoms with E-state index < -0.39 is 0 Å². The zero-order valence-electron chi connectivity index (χ0n) is 12.8. The minimum Gasteiger partial charge on any atom is -0.327 e. The second-order valence-electron chi connectivity index (χ2n) is 5.73. The van der Waals surface area contributed by atoms with Gasteiger partial charge in [-0.15, -0.1) is 0 Å². The second-order valence-corrected chi connectivity index (χ2v) is 5.73. The fourth-order valence-corrected chi connectivity index (χ4v) is 2.52. The molecule has 0 atom stereocenters. The first-order valence-electron chi connectivity index (χ1n) is 7.80. The Morgan fingerprint density at radius 3 is 2.71 bits per heavy atom. The van der Waals surface area contributed by atoms with Crippen molar-refractivity contribution in [2.24, 2.45) is 0 Å². The maximum absolute atomic E-state index is 4.81. The van der Waals surface area contributed by atoms with Crippen LogP contribution in [-0.4, -0.2) is 17.6 Å². The summed E-state index contributed by atoms with van der Waals surface area (Å²) in [5.74, 6) is 1.03. The van der Waals surface area contributed by atoms with Crippen LogP contribution in [0.4, 0.5) is 11.5 Å². The van der Waals surface area contributed by atoms with Crippen molar-refractivity contribution >= 4 is 11.5 Å². The molecule has 1 aliphatic carbocycles. The third-order valence-electron chi connectivity index (χ3n) is 3.85. The van der Waals surface area contributed by atoms with Crippen molar-refractivity contribution in [2.45, 2.75) is 39.3 Å². The summed E-state index contributed by atoms with van der Waals surface area (Å²) in [4.78, 5) is 7.07. The number of hydrogen-bond donors (Lipinski definition) is 1. The molecule has 2 aromatic rings. The SMILES string of the molecule is CCN(c1cccc(C)c1)c1cccc(CNC2CC2)n1. The fourth-order valence-electron chi connectivity index (χ4n) is 2.52. The Labute approximate surface area is 127 Å². The molecule has 0 spiro atoms. The molecule has 0 bridgehead atoms. The summed E-state index contributed by atoms with van der Waals surface area (Å²) >= 11 is 0. The summed E-state index contributed by atoms with van der Waals surface area (Å²) < 4.78 is 0. The highest BCUT2D eigenvalue weighted by atomic mass is 15.2. The molecule has 1 heterocycles. The van der Waals surface area contributed by atoms with Crippen LogP contribution in [0.3, 0.4) is 0 Å². The van der Waals surface area contributed by atoms with Gasteiger partial charge in [0.15, 0.2) is 0 Å². The van der Waals surface area contributed by atoms with Crippen molar-refractivity contribution in [3.63, 3.8) is 0 Å². The van der Waals surface area contributed by atoms with Crippen LogP contribution in [0.1, 0.15) is 31.0 Å². The summed E-state index contributed by atoms with van der Waals surface area (Å²) in [7, 11) is 0. The predicted octanol–water partition coefficient (Wildman–Crippen LogP) is 3.80. The van der Waals surface area contributed by atoms with Gasteiger partial charge in [0.1, 0.15) is 5.82 Å². The van der Waals surface area contributed by atoms with Crippen molar-refractivity contribution in [3.05, 3.63) is 53.7 Å². The Kier molecular flexibility index (Phi) is 4.20. The van der Waals surface area contributed by atoms with Gasteiger partial charge in [-0.1, -0.05) is 18.2 Å². The molecule has 0 radical (unpaired) electrons. The Morgan fingerprint density at radius 1 is 1.19 bits per heavy atom. The Hall–Kier alpha value is -1.87. The predicted molar refractivity (Wildman–Crippen MR) is 88.0 cm³/mol. The van der Waals surface area contributed by atoms with Crippen LogP contribution >= 0.6 is 0 Å². The molecule has 0 saturated heterocycles. The lowest BCUT2D eigenvalue weighted by Crippen LogP contribution is -2.20. The first kappa shape index (κ1) is 14.1. The van der Waals surface area contributed by atoms with Crippen LogP contribution in [0.25, 0.3) is 0 Å².